The maximum atomic E-state index is 12.8. The van der Waals surface area contributed by atoms with Crippen LogP contribution in [0.1, 0.15) is 22.0 Å². The topological polar surface area (TPSA) is 71.1 Å². The zero-order chi connectivity index (χ0) is 16.7. The van der Waals surface area contributed by atoms with E-state index in [2.05, 4.69) is 0 Å². The molecule has 0 saturated heterocycles. The lowest BCUT2D eigenvalue weighted by molar-refractivity contribution is -0.146. The second kappa shape index (κ2) is 5.56. The Labute approximate surface area is 137 Å². The van der Waals surface area contributed by atoms with Crippen LogP contribution in [-0.2, 0) is 9.53 Å². The van der Waals surface area contributed by atoms with Gasteiger partial charge >= 0.3 is 5.97 Å². The molecular formula is C18H14O6. The molecule has 0 spiro atoms. The van der Waals surface area contributed by atoms with Crippen molar-refractivity contribution in [3.8, 4) is 17.2 Å². The first-order valence-electron chi connectivity index (χ1n) is 7.46. The lowest BCUT2D eigenvalue weighted by atomic mass is 9.85. The summed E-state index contributed by atoms with van der Waals surface area (Å²) in [6.45, 7) is 0.145. The smallest absolute Gasteiger partial charge is 0.320 e. The van der Waals surface area contributed by atoms with Gasteiger partial charge < -0.3 is 18.9 Å². The van der Waals surface area contributed by atoms with Gasteiger partial charge in [-0.3, -0.25) is 9.59 Å². The highest BCUT2D eigenvalue weighted by atomic mass is 16.7. The number of hydrogen-bond donors (Lipinski definition) is 0. The summed E-state index contributed by atoms with van der Waals surface area (Å²) in [5, 5.41) is 0. The minimum absolute atomic E-state index is 0.145. The Morgan fingerprint density at radius 1 is 1.08 bits per heavy atom. The zero-order valence-electron chi connectivity index (χ0n) is 12.9. The van der Waals surface area contributed by atoms with Crippen molar-refractivity contribution in [2.45, 2.75) is 6.10 Å². The van der Waals surface area contributed by atoms with E-state index in [1.54, 1.807) is 42.5 Å². The lowest BCUT2D eigenvalue weighted by Crippen LogP contribution is -2.37. The monoisotopic (exact) mass is 326 g/mol. The molecule has 0 aliphatic carbocycles. The van der Waals surface area contributed by atoms with E-state index in [1.807, 2.05) is 0 Å². The molecule has 24 heavy (non-hydrogen) atoms. The number of methoxy groups -OCH3 is 1. The lowest BCUT2D eigenvalue weighted by Gasteiger charge is -2.31. The summed E-state index contributed by atoms with van der Waals surface area (Å²) in [7, 11) is 1.26. The quantitative estimate of drug-likeness (QED) is 0.624. The Morgan fingerprint density at radius 2 is 1.88 bits per heavy atom. The predicted molar refractivity (Wildman–Crippen MR) is 82.2 cm³/mol. The van der Waals surface area contributed by atoms with E-state index in [1.165, 1.54) is 7.11 Å². The van der Waals surface area contributed by atoms with Crippen LogP contribution in [0.3, 0.4) is 0 Å². The van der Waals surface area contributed by atoms with E-state index in [-0.39, 0.29) is 12.6 Å². The summed E-state index contributed by atoms with van der Waals surface area (Å²) < 4.78 is 21.5. The van der Waals surface area contributed by atoms with E-state index >= 15 is 0 Å². The maximum Gasteiger partial charge on any atom is 0.320 e. The molecule has 0 aromatic heterocycles. The molecule has 2 aromatic rings. The fourth-order valence-electron chi connectivity index (χ4n) is 2.99. The van der Waals surface area contributed by atoms with Gasteiger partial charge in [0, 0.05) is 0 Å². The van der Waals surface area contributed by atoms with Crippen molar-refractivity contribution in [1.82, 2.24) is 0 Å². The molecule has 4 rings (SSSR count). The number of fused-ring (bicyclic) bond motifs is 2. The highest BCUT2D eigenvalue weighted by Gasteiger charge is 2.44. The van der Waals surface area contributed by atoms with Crippen LogP contribution in [0.15, 0.2) is 42.5 Å². The number of benzene rings is 2. The van der Waals surface area contributed by atoms with Crippen LogP contribution in [0.5, 0.6) is 17.2 Å². The fraction of sp³-hybridized carbons (Fsp3) is 0.222. The van der Waals surface area contributed by atoms with Crippen molar-refractivity contribution in [2.75, 3.05) is 13.9 Å². The molecule has 0 saturated carbocycles. The average molecular weight is 326 g/mol. The number of hydrogen-bond acceptors (Lipinski definition) is 6. The normalized spacial score (nSPS) is 21.0. The van der Waals surface area contributed by atoms with Gasteiger partial charge in [0.05, 0.1) is 12.7 Å². The average Bonchev–Trinajstić information content (AvgIpc) is 3.08. The van der Waals surface area contributed by atoms with Crippen LogP contribution in [0.4, 0.5) is 0 Å². The number of rotatable bonds is 2. The molecule has 0 fully saturated rings. The van der Waals surface area contributed by atoms with Crippen molar-refractivity contribution in [1.29, 1.82) is 0 Å². The molecule has 6 heteroatoms. The molecule has 122 valence electrons. The first kappa shape index (κ1) is 14.6. The van der Waals surface area contributed by atoms with Crippen LogP contribution in [0.25, 0.3) is 0 Å². The molecule has 2 atom stereocenters. The molecule has 2 aliphatic rings. The SMILES string of the molecule is COC(=O)[C@H]1C(=O)c2ccccc2O[C@@H]1c1ccc2c(c1)OCO2. The number of para-hydroxylation sites is 1. The van der Waals surface area contributed by atoms with Gasteiger partial charge in [-0.05, 0) is 29.8 Å². The highest BCUT2D eigenvalue weighted by molar-refractivity contribution is 6.11. The number of Topliss-reactive ketones (excluding diaryl/α,β-unsaturated/α-hetero) is 1. The Balaban J connectivity index is 1.80. The van der Waals surface area contributed by atoms with Crippen LogP contribution >= 0.6 is 0 Å². The molecule has 0 unspecified atom stereocenters. The Morgan fingerprint density at radius 3 is 2.71 bits per heavy atom. The summed E-state index contributed by atoms with van der Waals surface area (Å²) in [6, 6.07) is 12.1. The van der Waals surface area contributed by atoms with Crippen molar-refractivity contribution < 1.29 is 28.5 Å². The molecule has 2 aromatic carbocycles. The summed E-state index contributed by atoms with van der Waals surface area (Å²) in [4.78, 5) is 25.0. The number of esters is 1. The van der Waals surface area contributed by atoms with Gasteiger partial charge in [-0.1, -0.05) is 18.2 Å². The van der Waals surface area contributed by atoms with Gasteiger partial charge in [0.1, 0.15) is 11.9 Å². The second-order valence-corrected chi connectivity index (χ2v) is 5.51. The summed E-state index contributed by atoms with van der Waals surface area (Å²) in [5.74, 6) is -0.374. The number of carbonyl (C=O) groups is 2. The Kier molecular flexibility index (Phi) is 3.37. The standard InChI is InChI=1S/C18H14O6/c1-21-18(20)15-16(19)11-4-2-3-5-12(11)24-17(15)10-6-7-13-14(8-10)23-9-22-13/h2-8,15,17H,9H2,1H3/t15-,17+/m0/s1. The van der Waals surface area contributed by atoms with Crippen LogP contribution < -0.4 is 14.2 Å². The molecule has 0 radical (unpaired) electrons. The molecule has 0 bridgehead atoms. The summed E-state index contributed by atoms with van der Waals surface area (Å²) >= 11 is 0. The van der Waals surface area contributed by atoms with Gasteiger partial charge in [0.25, 0.3) is 0 Å². The van der Waals surface area contributed by atoms with Gasteiger partial charge in [-0.15, -0.1) is 0 Å². The number of carbonyl (C=O) groups excluding carboxylic acids is 2. The first-order valence-corrected chi connectivity index (χ1v) is 7.46. The van der Waals surface area contributed by atoms with Crippen LogP contribution in [-0.4, -0.2) is 25.7 Å². The third kappa shape index (κ3) is 2.19. The van der Waals surface area contributed by atoms with Crippen molar-refractivity contribution in [2.24, 2.45) is 5.92 Å². The molecule has 6 nitrogen and oxygen atoms in total. The summed E-state index contributed by atoms with van der Waals surface area (Å²) in [6.07, 6.45) is -0.783. The van der Waals surface area contributed by atoms with Crippen molar-refractivity contribution in [3.63, 3.8) is 0 Å². The highest BCUT2D eigenvalue weighted by Crippen LogP contribution is 2.42. The largest absolute Gasteiger partial charge is 0.484 e. The fourth-order valence-corrected chi connectivity index (χ4v) is 2.99. The van der Waals surface area contributed by atoms with Crippen LogP contribution in [0, 0.1) is 5.92 Å². The maximum absolute atomic E-state index is 12.8. The van der Waals surface area contributed by atoms with Crippen molar-refractivity contribution in [3.05, 3.63) is 53.6 Å². The van der Waals surface area contributed by atoms with E-state index < -0.39 is 18.0 Å². The first-order chi connectivity index (χ1) is 11.7. The molecule has 0 amide bonds. The van der Waals surface area contributed by atoms with Crippen LogP contribution in [0.2, 0.25) is 0 Å². The molecular weight excluding hydrogens is 312 g/mol. The van der Waals surface area contributed by atoms with Gasteiger partial charge in [-0.25, -0.2) is 0 Å². The molecule has 0 N–H and O–H groups in total. The third-order valence-corrected chi connectivity index (χ3v) is 4.17. The van der Waals surface area contributed by atoms with E-state index in [0.29, 0.717) is 28.4 Å². The third-order valence-electron chi connectivity index (χ3n) is 4.17. The number of ether oxygens (including phenoxy) is 4. The minimum Gasteiger partial charge on any atom is -0.484 e. The Bertz CT molecular complexity index is 828. The molecule has 2 heterocycles. The predicted octanol–water partition coefficient (Wildman–Crippen LogP) is 2.52. The van der Waals surface area contributed by atoms with Gasteiger partial charge in [0.2, 0.25) is 6.79 Å². The van der Waals surface area contributed by atoms with Gasteiger partial charge in [0.15, 0.2) is 23.2 Å². The Hall–Kier alpha value is -3.02. The van der Waals surface area contributed by atoms with E-state index in [9.17, 15) is 9.59 Å². The summed E-state index contributed by atoms with van der Waals surface area (Å²) in [5.41, 5.74) is 1.03. The van der Waals surface area contributed by atoms with E-state index in [0.717, 1.165) is 0 Å². The van der Waals surface area contributed by atoms with Crippen molar-refractivity contribution >= 4 is 11.8 Å². The minimum atomic E-state index is -1.06. The molecule has 2 aliphatic heterocycles. The van der Waals surface area contributed by atoms with E-state index in [4.69, 9.17) is 18.9 Å². The second-order valence-electron chi connectivity index (χ2n) is 5.51. The van der Waals surface area contributed by atoms with Gasteiger partial charge in [-0.2, -0.15) is 0 Å². The number of ketones is 1. The zero-order valence-corrected chi connectivity index (χ0v) is 12.9.